The van der Waals surface area contributed by atoms with Crippen LogP contribution in [-0.2, 0) is 4.74 Å². The average Bonchev–Trinajstić information content (AvgIpc) is 2.50. The van der Waals surface area contributed by atoms with Crippen molar-refractivity contribution in [2.45, 2.75) is 39.7 Å². The summed E-state index contributed by atoms with van der Waals surface area (Å²) in [6, 6.07) is 0.662. The van der Waals surface area contributed by atoms with E-state index in [-0.39, 0.29) is 0 Å². The largest absolute Gasteiger partial charge is 0.382 e. The molecule has 1 unspecified atom stereocenters. The maximum Gasteiger partial charge on any atom is 0.208 e. The highest BCUT2D eigenvalue weighted by Gasteiger charge is 2.21. The molecule has 0 aromatic heterocycles. The van der Waals surface area contributed by atoms with E-state index in [9.17, 15) is 0 Å². The first kappa shape index (κ1) is 17.2. The van der Waals surface area contributed by atoms with Crippen LogP contribution in [0.25, 0.3) is 0 Å². The summed E-state index contributed by atoms with van der Waals surface area (Å²) in [6.45, 7) is 12.9. The molecule has 1 atom stereocenters. The molecule has 0 aliphatic carbocycles. The molecule has 1 heterocycles. The van der Waals surface area contributed by atoms with Crippen molar-refractivity contribution in [3.05, 3.63) is 0 Å². The van der Waals surface area contributed by atoms with E-state index in [1.165, 1.54) is 6.42 Å². The standard InChI is InChI=1S/C14H31N5O/c1-4-13(3)18-8-10-19(11-9-18)14(17-15)16-7-6-12-20-5-2/h13H,4-12,15H2,1-3H3,(H,16,17). The minimum Gasteiger partial charge on any atom is -0.382 e. The van der Waals surface area contributed by atoms with Gasteiger partial charge in [-0.15, -0.1) is 0 Å². The van der Waals surface area contributed by atoms with Gasteiger partial charge < -0.3 is 9.64 Å². The van der Waals surface area contributed by atoms with Crippen molar-refractivity contribution in [3.63, 3.8) is 0 Å². The molecule has 118 valence electrons. The maximum absolute atomic E-state index is 5.60. The minimum atomic E-state index is 0.662. The fraction of sp³-hybridized carbons (Fsp3) is 0.929. The van der Waals surface area contributed by atoms with Crippen LogP contribution in [0.4, 0.5) is 0 Å². The summed E-state index contributed by atoms with van der Waals surface area (Å²) in [6.07, 6.45) is 2.14. The second kappa shape index (κ2) is 9.96. The van der Waals surface area contributed by atoms with E-state index in [0.29, 0.717) is 6.04 Å². The highest BCUT2D eigenvalue weighted by Crippen LogP contribution is 2.08. The van der Waals surface area contributed by atoms with Crippen LogP contribution < -0.4 is 11.3 Å². The van der Waals surface area contributed by atoms with E-state index in [4.69, 9.17) is 10.6 Å². The van der Waals surface area contributed by atoms with Crippen molar-refractivity contribution >= 4 is 5.96 Å². The van der Waals surface area contributed by atoms with Gasteiger partial charge in [0.1, 0.15) is 0 Å². The van der Waals surface area contributed by atoms with Crippen molar-refractivity contribution in [1.82, 2.24) is 15.2 Å². The van der Waals surface area contributed by atoms with Gasteiger partial charge in [-0.1, -0.05) is 6.92 Å². The molecular weight excluding hydrogens is 254 g/mol. The third kappa shape index (κ3) is 5.64. The lowest BCUT2D eigenvalue weighted by Gasteiger charge is -2.38. The predicted molar refractivity (Wildman–Crippen MR) is 83.6 cm³/mol. The lowest BCUT2D eigenvalue weighted by Crippen LogP contribution is -2.55. The van der Waals surface area contributed by atoms with Gasteiger partial charge in [-0.05, 0) is 26.7 Å². The zero-order chi connectivity index (χ0) is 14.8. The van der Waals surface area contributed by atoms with Gasteiger partial charge in [0, 0.05) is 52.0 Å². The summed E-state index contributed by atoms with van der Waals surface area (Å²) >= 11 is 0. The van der Waals surface area contributed by atoms with E-state index in [1.807, 2.05) is 6.92 Å². The quantitative estimate of drug-likeness (QED) is 0.236. The van der Waals surface area contributed by atoms with Gasteiger partial charge in [0.05, 0.1) is 0 Å². The van der Waals surface area contributed by atoms with Gasteiger partial charge in [0.2, 0.25) is 5.96 Å². The van der Waals surface area contributed by atoms with Gasteiger partial charge in [-0.25, -0.2) is 5.84 Å². The first-order valence-corrected chi connectivity index (χ1v) is 7.80. The van der Waals surface area contributed by atoms with Crippen molar-refractivity contribution in [1.29, 1.82) is 0 Å². The van der Waals surface area contributed by atoms with Crippen LogP contribution in [-0.4, -0.2) is 67.7 Å². The average molecular weight is 285 g/mol. The van der Waals surface area contributed by atoms with Gasteiger partial charge in [0.15, 0.2) is 0 Å². The number of ether oxygens (including phenoxy) is 1. The van der Waals surface area contributed by atoms with Crippen molar-refractivity contribution in [3.8, 4) is 0 Å². The molecule has 6 nitrogen and oxygen atoms in total. The number of guanidine groups is 1. The number of nitrogens with one attached hydrogen (secondary N) is 1. The number of hydrazine groups is 1. The van der Waals surface area contributed by atoms with Crippen LogP contribution in [0, 0.1) is 0 Å². The molecule has 0 amide bonds. The molecule has 3 N–H and O–H groups in total. The molecule has 1 aliphatic rings. The third-order valence-corrected chi connectivity index (χ3v) is 3.87. The van der Waals surface area contributed by atoms with Crippen LogP contribution in [0.2, 0.25) is 0 Å². The molecule has 0 aromatic rings. The fourth-order valence-electron chi connectivity index (χ4n) is 2.37. The van der Waals surface area contributed by atoms with E-state index in [1.54, 1.807) is 0 Å². The number of nitrogens with two attached hydrogens (primary N) is 1. The van der Waals surface area contributed by atoms with Crippen molar-refractivity contribution < 1.29 is 4.74 Å². The SMILES string of the molecule is CCOCCCN=C(NN)N1CCN(C(C)CC)CC1. The number of rotatable bonds is 7. The lowest BCUT2D eigenvalue weighted by atomic mass is 10.2. The highest BCUT2D eigenvalue weighted by atomic mass is 16.5. The molecule has 0 radical (unpaired) electrons. The van der Waals surface area contributed by atoms with Crippen LogP contribution in [0.3, 0.4) is 0 Å². The van der Waals surface area contributed by atoms with E-state index in [0.717, 1.165) is 58.3 Å². The second-order valence-corrected chi connectivity index (χ2v) is 5.18. The Morgan fingerprint density at radius 2 is 2.00 bits per heavy atom. The minimum absolute atomic E-state index is 0.662. The molecule has 1 fully saturated rings. The number of hydrogen-bond donors (Lipinski definition) is 2. The van der Waals surface area contributed by atoms with Gasteiger partial charge in [0.25, 0.3) is 0 Å². The van der Waals surface area contributed by atoms with Gasteiger partial charge in [-0.3, -0.25) is 15.3 Å². The number of piperazine rings is 1. The smallest absolute Gasteiger partial charge is 0.208 e. The van der Waals surface area contributed by atoms with Crippen LogP contribution in [0.5, 0.6) is 0 Å². The maximum atomic E-state index is 5.60. The van der Waals surface area contributed by atoms with Crippen molar-refractivity contribution in [2.75, 3.05) is 45.9 Å². The van der Waals surface area contributed by atoms with E-state index < -0.39 is 0 Å². The molecule has 0 spiro atoms. The Morgan fingerprint density at radius 3 is 2.55 bits per heavy atom. The summed E-state index contributed by atoms with van der Waals surface area (Å²) < 4.78 is 5.31. The number of nitrogens with zero attached hydrogens (tertiary/aromatic N) is 3. The number of aliphatic imine (C=N–C) groups is 1. The number of hydrogen-bond acceptors (Lipinski definition) is 4. The first-order valence-electron chi connectivity index (χ1n) is 7.80. The molecule has 0 saturated carbocycles. The molecule has 0 bridgehead atoms. The van der Waals surface area contributed by atoms with E-state index >= 15 is 0 Å². The Hall–Kier alpha value is -0.850. The van der Waals surface area contributed by atoms with Gasteiger partial charge >= 0.3 is 0 Å². The van der Waals surface area contributed by atoms with Crippen LogP contribution in [0.1, 0.15) is 33.6 Å². The molecule has 1 saturated heterocycles. The zero-order valence-electron chi connectivity index (χ0n) is 13.3. The summed E-state index contributed by atoms with van der Waals surface area (Å²) in [7, 11) is 0. The lowest BCUT2D eigenvalue weighted by molar-refractivity contribution is 0.135. The normalized spacial score (nSPS) is 19.2. The van der Waals surface area contributed by atoms with E-state index in [2.05, 4.69) is 34.1 Å². The molecule has 1 rings (SSSR count). The summed E-state index contributed by atoms with van der Waals surface area (Å²) in [5.41, 5.74) is 2.74. The highest BCUT2D eigenvalue weighted by molar-refractivity contribution is 5.79. The second-order valence-electron chi connectivity index (χ2n) is 5.18. The Morgan fingerprint density at radius 1 is 1.30 bits per heavy atom. The molecule has 1 aliphatic heterocycles. The predicted octanol–water partition coefficient (Wildman–Crippen LogP) is 0.648. The summed E-state index contributed by atoms with van der Waals surface area (Å²) in [4.78, 5) is 9.30. The molecule has 20 heavy (non-hydrogen) atoms. The topological polar surface area (TPSA) is 66.1 Å². The Kier molecular flexibility index (Phi) is 8.57. The monoisotopic (exact) mass is 285 g/mol. The third-order valence-electron chi connectivity index (χ3n) is 3.87. The Balaban J connectivity index is 2.34. The first-order chi connectivity index (χ1) is 9.72. The van der Waals surface area contributed by atoms with Crippen LogP contribution >= 0.6 is 0 Å². The fourth-order valence-corrected chi connectivity index (χ4v) is 2.37. The summed E-state index contributed by atoms with van der Waals surface area (Å²) in [5, 5.41) is 0. The molecule has 6 heteroatoms. The summed E-state index contributed by atoms with van der Waals surface area (Å²) in [5.74, 6) is 6.41. The Bertz CT molecular complexity index is 277. The van der Waals surface area contributed by atoms with Gasteiger partial charge in [-0.2, -0.15) is 0 Å². The van der Waals surface area contributed by atoms with Crippen LogP contribution in [0.15, 0.2) is 4.99 Å². The Labute approximate surface area is 123 Å². The molecule has 0 aromatic carbocycles. The zero-order valence-corrected chi connectivity index (χ0v) is 13.3. The van der Waals surface area contributed by atoms with Crippen molar-refractivity contribution in [2.24, 2.45) is 10.8 Å². The molecular formula is C14H31N5O.